The standard InChI is InChI=1S/C26H34O3Si/c1-21-15-16-26(27-17-18-28-26)22(19-21)20-29-30(25(2,3)4,23-11-7-5-8-12-23)24-13-9-6-10-14-24/h5-15,22H,16-20H2,1-4H3. The Balaban J connectivity index is 1.74. The third-order valence-corrected chi connectivity index (χ3v) is 11.6. The van der Waals surface area contributed by atoms with E-state index in [1.54, 1.807) is 0 Å². The third-order valence-electron chi connectivity index (χ3n) is 6.62. The van der Waals surface area contributed by atoms with Gasteiger partial charge >= 0.3 is 0 Å². The predicted molar refractivity (Wildman–Crippen MR) is 125 cm³/mol. The Kier molecular flexibility index (Phi) is 6.04. The van der Waals surface area contributed by atoms with Crippen LogP contribution in [0.2, 0.25) is 5.04 Å². The summed E-state index contributed by atoms with van der Waals surface area (Å²) in [4.78, 5) is 0. The minimum absolute atomic E-state index is 0.0280. The van der Waals surface area contributed by atoms with E-state index in [2.05, 4.69) is 94.4 Å². The van der Waals surface area contributed by atoms with Gasteiger partial charge in [-0.25, -0.2) is 0 Å². The fourth-order valence-electron chi connectivity index (χ4n) is 5.11. The third kappa shape index (κ3) is 3.82. The van der Waals surface area contributed by atoms with Crippen molar-refractivity contribution in [2.24, 2.45) is 5.92 Å². The Morgan fingerprint density at radius 1 is 0.933 bits per heavy atom. The molecule has 0 radical (unpaired) electrons. The van der Waals surface area contributed by atoms with Crippen molar-refractivity contribution < 1.29 is 13.9 Å². The smallest absolute Gasteiger partial charge is 0.261 e. The van der Waals surface area contributed by atoms with Crippen molar-refractivity contribution in [2.45, 2.75) is 51.4 Å². The molecule has 1 aliphatic carbocycles. The molecule has 1 unspecified atom stereocenters. The molecule has 0 aromatic heterocycles. The van der Waals surface area contributed by atoms with Gasteiger partial charge in [0, 0.05) is 18.9 Å². The van der Waals surface area contributed by atoms with Gasteiger partial charge in [0.1, 0.15) is 0 Å². The Hall–Kier alpha value is -1.72. The second-order valence-electron chi connectivity index (χ2n) is 9.64. The molecule has 1 fully saturated rings. The van der Waals surface area contributed by atoms with Crippen LogP contribution in [0, 0.1) is 5.92 Å². The van der Waals surface area contributed by atoms with Crippen molar-refractivity contribution in [3.63, 3.8) is 0 Å². The molecule has 2 aromatic carbocycles. The average molecular weight is 423 g/mol. The van der Waals surface area contributed by atoms with Gasteiger partial charge in [0.25, 0.3) is 8.32 Å². The van der Waals surface area contributed by atoms with Crippen LogP contribution in [0.25, 0.3) is 0 Å². The van der Waals surface area contributed by atoms with Gasteiger partial charge in [0.15, 0.2) is 5.79 Å². The zero-order chi connectivity index (χ0) is 21.2. The number of ether oxygens (including phenoxy) is 2. The van der Waals surface area contributed by atoms with E-state index in [9.17, 15) is 0 Å². The molecule has 1 saturated heterocycles. The lowest BCUT2D eigenvalue weighted by Crippen LogP contribution is -2.67. The summed E-state index contributed by atoms with van der Waals surface area (Å²) in [5.74, 6) is -0.322. The zero-order valence-corrected chi connectivity index (χ0v) is 19.7. The first-order valence-corrected chi connectivity index (χ1v) is 13.0. The van der Waals surface area contributed by atoms with Crippen molar-refractivity contribution in [1.29, 1.82) is 0 Å². The Labute approximate surface area is 182 Å². The summed E-state index contributed by atoms with van der Waals surface area (Å²) in [5.41, 5.74) is 1.40. The number of allylic oxidation sites excluding steroid dienone is 1. The van der Waals surface area contributed by atoms with Crippen LogP contribution in [-0.2, 0) is 13.9 Å². The lowest BCUT2D eigenvalue weighted by atomic mass is 9.84. The van der Waals surface area contributed by atoms with Crippen LogP contribution in [0.1, 0.15) is 40.5 Å². The summed E-state index contributed by atoms with van der Waals surface area (Å²) in [6.45, 7) is 11.2. The van der Waals surface area contributed by atoms with Crippen molar-refractivity contribution >= 4 is 18.7 Å². The lowest BCUT2D eigenvalue weighted by Gasteiger charge is -2.46. The first kappa shape index (κ1) is 21.5. The first-order chi connectivity index (χ1) is 14.4. The lowest BCUT2D eigenvalue weighted by molar-refractivity contribution is -0.202. The summed E-state index contributed by atoms with van der Waals surface area (Å²) < 4.78 is 19.5. The van der Waals surface area contributed by atoms with Crippen LogP contribution in [0.15, 0.2) is 72.3 Å². The normalized spacial score (nSPS) is 21.6. The molecule has 0 N–H and O–H groups in total. The molecule has 1 atom stereocenters. The van der Waals surface area contributed by atoms with Gasteiger partial charge in [-0.2, -0.15) is 0 Å². The number of benzene rings is 2. The van der Waals surface area contributed by atoms with Gasteiger partial charge < -0.3 is 13.9 Å². The summed E-state index contributed by atoms with van der Waals surface area (Å²) >= 11 is 0. The van der Waals surface area contributed by atoms with E-state index in [-0.39, 0.29) is 11.0 Å². The van der Waals surface area contributed by atoms with Crippen LogP contribution in [0.4, 0.5) is 0 Å². The molecule has 1 aliphatic heterocycles. The molecule has 1 heterocycles. The fourth-order valence-corrected chi connectivity index (χ4v) is 9.71. The van der Waals surface area contributed by atoms with Gasteiger partial charge in [0.05, 0.1) is 13.2 Å². The van der Waals surface area contributed by atoms with Crippen LogP contribution >= 0.6 is 0 Å². The van der Waals surface area contributed by atoms with E-state index in [1.165, 1.54) is 15.9 Å². The molecule has 4 rings (SSSR count). The summed E-state index contributed by atoms with van der Waals surface area (Å²) in [7, 11) is -2.55. The Morgan fingerprint density at radius 3 is 1.97 bits per heavy atom. The monoisotopic (exact) mass is 422 g/mol. The molecule has 3 nitrogen and oxygen atoms in total. The highest BCUT2D eigenvalue weighted by atomic mass is 28.4. The van der Waals surface area contributed by atoms with Gasteiger partial charge in [-0.15, -0.1) is 0 Å². The van der Waals surface area contributed by atoms with E-state index in [0.717, 1.165) is 12.8 Å². The van der Waals surface area contributed by atoms with Crippen molar-refractivity contribution in [2.75, 3.05) is 19.8 Å². The van der Waals surface area contributed by atoms with Crippen molar-refractivity contribution in [1.82, 2.24) is 0 Å². The van der Waals surface area contributed by atoms with Crippen molar-refractivity contribution in [3.8, 4) is 0 Å². The predicted octanol–water partition coefficient (Wildman–Crippen LogP) is 4.66. The topological polar surface area (TPSA) is 27.7 Å². The molecule has 160 valence electrons. The molecule has 0 bridgehead atoms. The summed E-state index contributed by atoms with van der Waals surface area (Å²) in [6.07, 6.45) is 4.04. The van der Waals surface area contributed by atoms with Crippen LogP contribution in [0.5, 0.6) is 0 Å². The molecule has 4 heteroatoms. The van der Waals surface area contributed by atoms with E-state index in [0.29, 0.717) is 19.8 Å². The van der Waals surface area contributed by atoms with E-state index < -0.39 is 14.1 Å². The minimum atomic E-state index is -2.55. The molecular weight excluding hydrogens is 388 g/mol. The van der Waals surface area contributed by atoms with Crippen LogP contribution < -0.4 is 10.4 Å². The quantitative estimate of drug-likeness (QED) is 0.518. The van der Waals surface area contributed by atoms with Gasteiger partial charge in [0.2, 0.25) is 0 Å². The zero-order valence-electron chi connectivity index (χ0n) is 18.7. The van der Waals surface area contributed by atoms with E-state index in [1.807, 2.05) is 0 Å². The number of hydrogen-bond donors (Lipinski definition) is 0. The van der Waals surface area contributed by atoms with Gasteiger partial charge in [-0.05, 0) is 28.8 Å². The largest absolute Gasteiger partial charge is 0.407 e. The first-order valence-electron chi connectivity index (χ1n) is 11.1. The molecule has 2 aromatic rings. The van der Waals surface area contributed by atoms with E-state index in [4.69, 9.17) is 13.9 Å². The SMILES string of the molecule is CC1=CCC2(OCCO2)C(CO[Si](c2ccccc2)(c2ccccc2)C(C)(C)C)C1. The number of hydrogen-bond acceptors (Lipinski definition) is 3. The molecular formula is C26H34O3Si. The number of rotatable bonds is 5. The average Bonchev–Trinajstić information content (AvgIpc) is 3.21. The maximum Gasteiger partial charge on any atom is 0.261 e. The van der Waals surface area contributed by atoms with Gasteiger partial charge in [-0.1, -0.05) is 93.1 Å². The second kappa shape index (κ2) is 8.43. The highest BCUT2D eigenvalue weighted by Crippen LogP contribution is 2.42. The van der Waals surface area contributed by atoms with Crippen molar-refractivity contribution in [3.05, 3.63) is 72.3 Å². The fraction of sp³-hybridized carbons (Fsp3) is 0.462. The highest BCUT2D eigenvalue weighted by Gasteiger charge is 2.52. The maximum atomic E-state index is 7.19. The van der Waals surface area contributed by atoms with Gasteiger partial charge in [-0.3, -0.25) is 0 Å². The highest BCUT2D eigenvalue weighted by molar-refractivity contribution is 6.99. The minimum Gasteiger partial charge on any atom is -0.407 e. The Morgan fingerprint density at radius 2 is 1.47 bits per heavy atom. The summed E-state index contributed by atoms with van der Waals surface area (Å²) in [6, 6.07) is 21.7. The summed E-state index contributed by atoms with van der Waals surface area (Å²) in [5, 5.41) is 2.60. The van der Waals surface area contributed by atoms with Crippen LogP contribution in [0.3, 0.4) is 0 Å². The van der Waals surface area contributed by atoms with Crippen LogP contribution in [-0.4, -0.2) is 33.9 Å². The van der Waals surface area contributed by atoms with E-state index >= 15 is 0 Å². The molecule has 30 heavy (non-hydrogen) atoms. The molecule has 0 amide bonds. The molecule has 0 saturated carbocycles. The molecule has 1 spiro atoms. The molecule has 2 aliphatic rings. The Bertz CT molecular complexity index is 825. The second-order valence-corrected chi connectivity index (χ2v) is 13.9. The maximum absolute atomic E-state index is 7.19.